The third-order valence-electron chi connectivity index (χ3n) is 5.09. The van der Waals surface area contributed by atoms with Crippen LogP contribution in [-0.2, 0) is 9.47 Å². The number of anilines is 2. The highest BCUT2D eigenvalue weighted by atomic mass is 19.3. The fourth-order valence-electron chi connectivity index (χ4n) is 3.64. The van der Waals surface area contributed by atoms with E-state index in [1.165, 1.54) is 6.20 Å². The molecule has 2 aromatic heterocycles. The van der Waals surface area contributed by atoms with Crippen molar-refractivity contribution in [3.63, 3.8) is 0 Å². The third kappa shape index (κ3) is 4.26. The molecule has 0 bridgehead atoms. The maximum Gasteiger partial charge on any atom is 0.322 e. The lowest BCUT2D eigenvalue weighted by molar-refractivity contribution is 0.0744. The second-order valence-corrected chi connectivity index (χ2v) is 7.48. The largest absolute Gasteiger partial charge is 0.457 e. The molecule has 0 unspecified atom stereocenters. The monoisotopic (exact) mass is 422 g/mol. The second kappa shape index (κ2) is 8.60. The number of hydrogen-bond donors (Lipinski definition) is 1. The number of nitrogens with zero attached hydrogens (tertiary/aromatic N) is 5. The summed E-state index contributed by atoms with van der Waals surface area (Å²) < 4.78 is 44.1. The first kappa shape index (κ1) is 20.6. The molecule has 4 rings (SSSR count). The quantitative estimate of drug-likeness (QED) is 0.776. The van der Waals surface area contributed by atoms with Crippen molar-refractivity contribution in [3.8, 4) is 17.4 Å². The number of rotatable bonds is 5. The highest BCUT2D eigenvalue weighted by Gasteiger charge is 2.30. The van der Waals surface area contributed by atoms with E-state index in [-0.39, 0.29) is 47.0 Å². The van der Waals surface area contributed by atoms with Gasteiger partial charge in [-0.05, 0) is 19.9 Å². The number of aromatic nitrogens is 4. The van der Waals surface area contributed by atoms with Gasteiger partial charge in [-0.1, -0.05) is 0 Å². The summed E-state index contributed by atoms with van der Waals surface area (Å²) in [5, 5.41) is 0. The zero-order chi connectivity index (χ0) is 21.3. The Morgan fingerprint density at radius 2 is 1.90 bits per heavy atom. The van der Waals surface area contributed by atoms with E-state index in [4.69, 9.17) is 19.9 Å². The van der Waals surface area contributed by atoms with Crippen LogP contribution in [0.4, 0.5) is 20.5 Å². The summed E-state index contributed by atoms with van der Waals surface area (Å²) in [5.74, 6) is 0.398. The van der Waals surface area contributed by atoms with E-state index in [1.807, 2.05) is 18.7 Å². The Labute approximate surface area is 172 Å². The van der Waals surface area contributed by atoms with Crippen LogP contribution in [-0.4, -0.2) is 64.6 Å². The van der Waals surface area contributed by atoms with E-state index < -0.39 is 6.43 Å². The van der Waals surface area contributed by atoms with Crippen LogP contribution in [0.1, 0.15) is 32.3 Å². The summed E-state index contributed by atoms with van der Waals surface area (Å²) in [6.45, 7) is 5.99. The van der Waals surface area contributed by atoms with Crippen molar-refractivity contribution in [1.82, 2.24) is 19.9 Å². The number of ether oxygens (including phenoxy) is 3. The summed E-state index contributed by atoms with van der Waals surface area (Å²) in [4.78, 5) is 19.2. The van der Waals surface area contributed by atoms with Gasteiger partial charge in [0.1, 0.15) is 11.9 Å². The van der Waals surface area contributed by atoms with Crippen molar-refractivity contribution in [1.29, 1.82) is 0 Å². The Kier molecular flexibility index (Phi) is 5.91. The SMILES string of the molecule is C[C@@H]1COC[C@H](C)N1c1nc(O[C@@H]2CCOC2)nc(-c2cnc(N)cc2C(F)F)n1. The van der Waals surface area contributed by atoms with Gasteiger partial charge >= 0.3 is 6.01 Å². The molecule has 162 valence electrons. The van der Waals surface area contributed by atoms with Gasteiger partial charge in [-0.3, -0.25) is 0 Å². The zero-order valence-corrected chi connectivity index (χ0v) is 16.8. The molecule has 30 heavy (non-hydrogen) atoms. The van der Waals surface area contributed by atoms with E-state index in [0.29, 0.717) is 38.8 Å². The molecule has 2 fully saturated rings. The summed E-state index contributed by atoms with van der Waals surface area (Å²) in [5.41, 5.74) is 5.40. The summed E-state index contributed by atoms with van der Waals surface area (Å²) in [6.07, 6.45) is -1.01. The lowest BCUT2D eigenvalue weighted by Gasteiger charge is -2.38. The third-order valence-corrected chi connectivity index (χ3v) is 5.09. The van der Waals surface area contributed by atoms with Crippen LogP contribution in [0, 0.1) is 0 Å². The number of nitrogen functional groups attached to an aromatic ring is 1. The maximum absolute atomic E-state index is 13.7. The van der Waals surface area contributed by atoms with Gasteiger partial charge in [-0.2, -0.15) is 15.0 Å². The number of morpholine rings is 1. The molecular formula is C19H24F2N6O3. The molecule has 4 heterocycles. The molecule has 2 N–H and O–H groups in total. The minimum atomic E-state index is -2.76. The fraction of sp³-hybridized carbons (Fsp3) is 0.579. The van der Waals surface area contributed by atoms with Crippen LogP contribution in [0.3, 0.4) is 0 Å². The zero-order valence-electron chi connectivity index (χ0n) is 16.8. The maximum atomic E-state index is 13.7. The lowest BCUT2D eigenvalue weighted by atomic mass is 10.1. The molecule has 0 radical (unpaired) electrons. The van der Waals surface area contributed by atoms with Crippen LogP contribution in [0.2, 0.25) is 0 Å². The average Bonchev–Trinajstić information content (AvgIpc) is 3.20. The minimum Gasteiger partial charge on any atom is -0.457 e. The van der Waals surface area contributed by atoms with Crippen molar-refractivity contribution >= 4 is 11.8 Å². The van der Waals surface area contributed by atoms with E-state index in [1.54, 1.807) is 0 Å². The van der Waals surface area contributed by atoms with Gasteiger partial charge in [-0.15, -0.1) is 0 Å². The molecule has 0 spiro atoms. The second-order valence-electron chi connectivity index (χ2n) is 7.48. The molecule has 2 saturated heterocycles. The van der Waals surface area contributed by atoms with Gasteiger partial charge in [0.15, 0.2) is 5.82 Å². The van der Waals surface area contributed by atoms with Crippen LogP contribution in [0.25, 0.3) is 11.4 Å². The Morgan fingerprint density at radius 3 is 2.57 bits per heavy atom. The van der Waals surface area contributed by atoms with Gasteiger partial charge in [0.2, 0.25) is 5.95 Å². The van der Waals surface area contributed by atoms with Crippen LogP contribution in [0.15, 0.2) is 12.3 Å². The normalized spacial score (nSPS) is 24.4. The van der Waals surface area contributed by atoms with Gasteiger partial charge in [0.05, 0.1) is 38.5 Å². The van der Waals surface area contributed by atoms with Crippen molar-refractivity contribution in [2.24, 2.45) is 0 Å². The number of halogens is 2. The van der Waals surface area contributed by atoms with Crippen LogP contribution in [0.5, 0.6) is 6.01 Å². The molecule has 2 aliphatic heterocycles. The molecule has 2 aliphatic rings. The number of pyridine rings is 1. The van der Waals surface area contributed by atoms with E-state index in [2.05, 4.69) is 19.9 Å². The first-order valence-corrected chi connectivity index (χ1v) is 9.83. The Bertz CT molecular complexity index is 887. The van der Waals surface area contributed by atoms with E-state index in [9.17, 15) is 8.78 Å². The smallest absolute Gasteiger partial charge is 0.322 e. The Balaban J connectivity index is 1.79. The first-order chi connectivity index (χ1) is 14.4. The van der Waals surface area contributed by atoms with Gasteiger partial charge < -0.3 is 24.8 Å². The fourth-order valence-corrected chi connectivity index (χ4v) is 3.64. The minimum absolute atomic E-state index is 0.00155. The summed E-state index contributed by atoms with van der Waals surface area (Å²) in [6, 6.07) is 1.18. The Morgan fingerprint density at radius 1 is 1.13 bits per heavy atom. The molecular weight excluding hydrogens is 398 g/mol. The molecule has 0 amide bonds. The Hall–Kier alpha value is -2.66. The predicted molar refractivity (Wildman–Crippen MR) is 105 cm³/mol. The highest BCUT2D eigenvalue weighted by molar-refractivity contribution is 5.63. The molecule has 0 aromatic carbocycles. The van der Waals surface area contributed by atoms with E-state index in [0.717, 1.165) is 6.07 Å². The van der Waals surface area contributed by atoms with Crippen LogP contribution < -0.4 is 15.4 Å². The van der Waals surface area contributed by atoms with Gasteiger partial charge in [0.25, 0.3) is 6.43 Å². The molecule has 0 saturated carbocycles. The number of alkyl halides is 2. The standard InChI is InChI=1S/C19H24F2N6O3/c1-10-7-29-8-11(2)27(10)18-24-17(14-6-23-15(22)5-13(14)16(20)21)25-19(26-18)30-12-3-4-28-9-12/h5-6,10-12,16H,3-4,7-9H2,1-2H3,(H2,22,23)/t10-,11+,12-/m1/s1. The topological polar surface area (TPSA) is 109 Å². The number of nitrogens with two attached hydrogens (primary N) is 1. The van der Waals surface area contributed by atoms with Crippen molar-refractivity contribution < 1.29 is 23.0 Å². The number of hydrogen-bond acceptors (Lipinski definition) is 9. The molecule has 2 aromatic rings. The van der Waals surface area contributed by atoms with Crippen molar-refractivity contribution in [2.45, 2.75) is 44.9 Å². The summed E-state index contributed by atoms with van der Waals surface area (Å²) in [7, 11) is 0. The molecule has 9 nitrogen and oxygen atoms in total. The van der Waals surface area contributed by atoms with Crippen LogP contribution >= 0.6 is 0 Å². The molecule has 3 atom stereocenters. The predicted octanol–water partition coefficient (Wildman–Crippen LogP) is 2.23. The molecule has 11 heteroatoms. The van der Waals surface area contributed by atoms with Gasteiger partial charge in [-0.25, -0.2) is 13.8 Å². The highest BCUT2D eigenvalue weighted by Crippen LogP contribution is 2.32. The lowest BCUT2D eigenvalue weighted by Crippen LogP contribution is -2.50. The first-order valence-electron chi connectivity index (χ1n) is 9.83. The molecule has 0 aliphatic carbocycles. The van der Waals surface area contributed by atoms with Crippen molar-refractivity contribution in [3.05, 3.63) is 17.8 Å². The average molecular weight is 422 g/mol. The van der Waals surface area contributed by atoms with E-state index >= 15 is 0 Å². The summed E-state index contributed by atoms with van der Waals surface area (Å²) >= 11 is 0. The van der Waals surface area contributed by atoms with Crippen molar-refractivity contribution in [2.75, 3.05) is 37.1 Å². The van der Waals surface area contributed by atoms with Gasteiger partial charge in [0, 0.05) is 23.7 Å².